The monoisotopic (exact) mass is 333 g/mol. The molecule has 0 atom stereocenters. The number of aliphatic hydroxyl groups excluding tert-OH is 1. The number of carboxylic acid groups (broad SMARTS) is 1. The van der Waals surface area contributed by atoms with E-state index in [0.717, 1.165) is 36.8 Å². The molecule has 7 heteroatoms. The van der Waals surface area contributed by atoms with E-state index in [1.807, 2.05) is 24.3 Å². The van der Waals surface area contributed by atoms with Crippen LogP contribution in [0.2, 0.25) is 0 Å². The summed E-state index contributed by atoms with van der Waals surface area (Å²) in [6.45, 7) is 0.459. The molecule has 1 aromatic carbocycles. The number of amides is 3. The highest BCUT2D eigenvalue weighted by atomic mass is 16.4. The Bertz CT molecular complexity index is 603. The van der Waals surface area contributed by atoms with Crippen molar-refractivity contribution in [3.63, 3.8) is 0 Å². The fourth-order valence-corrected chi connectivity index (χ4v) is 3.86. The SMILES string of the molecule is O=C(O)NC1CC2(C1)CC(NC(=O)NCc1ccc(CO)cc1)C2. The van der Waals surface area contributed by atoms with Gasteiger partial charge in [-0.25, -0.2) is 9.59 Å². The second kappa shape index (κ2) is 6.68. The van der Waals surface area contributed by atoms with Crippen molar-refractivity contribution in [3.8, 4) is 0 Å². The minimum absolute atomic E-state index is 0.0144. The van der Waals surface area contributed by atoms with E-state index in [9.17, 15) is 9.59 Å². The van der Waals surface area contributed by atoms with Crippen molar-refractivity contribution in [2.45, 2.75) is 50.9 Å². The van der Waals surface area contributed by atoms with Crippen LogP contribution in [-0.4, -0.2) is 34.4 Å². The first-order valence-electron chi connectivity index (χ1n) is 8.20. The van der Waals surface area contributed by atoms with Crippen molar-refractivity contribution >= 4 is 12.1 Å². The Morgan fingerprint density at radius 3 is 2.08 bits per heavy atom. The first-order chi connectivity index (χ1) is 11.5. The molecule has 0 bridgehead atoms. The zero-order chi connectivity index (χ0) is 17.2. The Kier molecular flexibility index (Phi) is 4.62. The topological polar surface area (TPSA) is 111 Å². The van der Waals surface area contributed by atoms with Crippen LogP contribution in [0.1, 0.15) is 36.8 Å². The van der Waals surface area contributed by atoms with Gasteiger partial charge in [-0.15, -0.1) is 0 Å². The lowest BCUT2D eigenvalue weighted by Crippen LogP contribution is -2.61. The molecule has 3 amide bonds. The molecule has 0 aromatic heterocycles. The zero-order valence-electron chi connectivity index (χ0n) is 13.4. The van der Waals surface area contributed by atoms with E-state index in [4.69, 9.17) is 10.2 Å². The Balaban J connectivity index is 1.33. The van der Waals surface area contributed by atoms with Gasteiger partial charge < -0.3 is 26.2 Å². The molecule has 130 valence electrons. The highest BCUT2D eigenvalue weighted by molar-refractivity contribution is 5.74. The van der Waals surface area contributed by atoms with E-state index in [0.29, 0.717) is 6.54 Å². The maximum absolute atomic E-state index is 11.9. The van der Waals surface area contributed by atoms with Gasteiger partial charge in [0.2, 0.25) is 0 Å². The summed E-state index contributed by atoms with van der Waals surface area (Å²) in [6, 6.07) is 7.50. The number of hydrogen-bond donors (Lipinski definition) is 5. The molecule has 5 N–H and O–H groups in total. The van der Waals surface area contributed by atoms with Gasteiger partial charge in [0.25, 0.3) is 0 Å². The van der Waals surface area contributed by atoms with E-state index in [-0.39, 0.29) is 30.1 Å². The predicted molar refractivity (Wildman–Crippen MR) is 87.4 cm³/mol. The standard InChI is InChI=1S/C17H23N3O4/c21-10-12-3-1-11(2-4-12)9-18-15(22)19-13-5-17(6-13)7-14(8-17)20-16(23)24/h1-4,13-14,20-21H,5-10H2,(H,23,24)(H2,18,19,22). The molecule has 0 unspecified atom stereocenters. The quantitative estimate of drug-likeness (QED) is 0.563. The third-order valence-corrected chi connectivity index (χ3v) is 5.04. The van der Waals surface area contributed by atoms with Crippen molar-refractivity contribution < 1.29 is 19.8 Å². The van der Waals surface area contributed by atoms with Crippen molar-refractivity contribution in [2.24, 2.45) is 5.41 Å². The molecule has 1 spiro atoms. The van der Waals surface area contributed by atoms with Gasteiger partial charge in [-0.05, 0) is 42.2 Å². The summed E-state index contributed by atoms with van der Waals surface area (Å²) in [5.74, 6) is 0. The van der Waals surface area contributed by atoms with Crippen LogP contribution in [0.25, 0.3) is 0 Å². The first-order valence-corrected chi connectivity index (χ1v) is 8.20. The molecular formula is C17H23N3O4. The van der Waals surface area contributed by atoms with Crippen LogP contribution in [0.3, 0.4) is 0 Å². The molecule has 7 nitrogen and oxygen atoms in total. The third-order valence-electron chi connectivity index (χ3n) is 5.04. The van der Waals surface area contributed by atoms with Gasteiger partial charge in [0, 0.05) is 18.6 Å². The van der Waals surface area contributed by atoms with Crippen LogP contribution in [0.4, 0.5) is 9.59 Å². The maximum Gasteiger partial charge on any atom is 0.404 e. The molecule has 3 rings (SSSR count). The number of carbonyl (C=O) groups is 2. The van der Waals surface area contributed by atoms with Gasteiger partial charge in [0.05, 0.1) is 6.61 Å². The number of hydrogen-bond acceptors (Lipinski definition) is 3. The van der Waals surface area contributed by atoms with E-state index in [1.54, 1.807) is 0 Å². The van der Waals surface area contributed by atoms with Gasteiger partial charge in [0.1, 0.15) is 0 Å². The average Bonchev–Trinajstić information content (AvgIpc) is 2.49. The Morgan fingerprint density at radius 1 is 1.00 bits per heavy atom. The number of aliphatic hydroxyl groups is 1. The molecule has 2 fully saturated rings. The smallest absolute Gasteiger partial charge is 0.404 e. The summed E-state index contributed by atoms with van der Waals surface area (Å²) in [7, 11) is 0. The number of rotatable bonds is 5. The Labute approximate surface area is 140 Å². The van der Waals surface area contributed by atoms with Gasteiger partial charge >= 0.3 is 12.1 Å². The van der Waals surface area contributed by atoms with Gasteiger partial charge in [-0.1, -0.05) is 24.3 Å². The maximum atomic E-state index is 11.9. The Hall–Kier alpha value is -2.28. The van der Waals surface area contributed by atoms with Gasteiger partial charge in [0.15, 0.2) is 0 Å². The van der Waals surface area contributed by atoms with Crippen LogP contribution in [0.5, 0.6) is 0 Å². The van der Waals surface area contributed by atoms with Crippen LogP contribution in [-0.2, 0) is 13.2 Å². The van der Waals surface area contributed by atoms with Gasteiger partial charge in [-0.3, -0.25) is 0 Å². The molecule has 2 saturated carbocycles. The van der Waals surface area contributed by atoms with Crippen LogP contribution in [0, 0.1) is 5.41 Å². The van der Waals surface area contributed by atoms with Crippen LogP contribution < -0.4 is 16.0 Å². The Morgan fingerprint density at radius 2 is 1.54 bits per heavy atom. The highest BCUT2D eigenvalue weighted by Gasteiger charge is 2.53. The van der Waals surface area contributed by atoms with E-state index < -0.39 is 6.09 Å². The summed E-state index contributed by atoms with van der Waals surface area (Å²) < 4.78 is 0. The minimum atomic E-state index is -0.963. The van der Waals surface area contributed by atoms with E-state index >= 15 is 0 Å². The van der Waals surface area contributed by atoms with Crippen LogP contribution >= 0.6 is 0 Å². The summed E-state index contributed by atoms with van der Waals surface area (Å²) in [6.07, 6.45) is 2.62. The predicted octanol–water partition coefficient (Wildman–Crippen LogP) is 1.56. The normalized spacial score (nSPS) is 27.7. The lowest BCUT2D eigenvalue weighted by atomic mass is 9.52. The number of carbonyl (C=O) groups excluding carboxylic acids is 1. The van der Waals surface area contributed by atoms with Crippen molar-refractivity contribution in [1.29, 1.82) is 0 Å². The number of urea groups is 1. The van der Waals surface area contributed by atoms with E-state index in [1.165, 1.54) is 0 Å². The molecule has 2 aliphatic rings. The average molecular weight is 333 g/mol. The molecule has 0 aliphatic heterocycles. The van der Waals surface area contributed by atoms with Gasteiger partial charge in [-0.2, -0.15) is 0 Å². The summed E-state index contributed by atoms with van der Waals surface area (Å²) in [5, 5.41) is 26.0. The zero-order valence-corrected chi connectivity index (χ0v) is 13.4. The fourth-order valence-electron chi connectivity index (χ4n) is 3.86. The molecule has 2 aliphatic carbocycles. The molecular weight excluding hydrogens is 310 g/mol. The second-order valence-electron chi connectivity index (χ2n) is 6.96. The highest BCUT2D eigenvalue weighted by Crippen LogP contribution is 2.55. The number of benzene rings is 1. The molecule has 0 saturated heterocycles. The fraction of sp³-hybridized carbons (Fsp3) is 0.529. The molecule has 1 aromatic rings. The first kappa shape index (κ1) is 16.6. The van der Waals surface area contributed by atoms with Crippen molar-refractivity contribution in [1.82, 2.24) is 16.0 Å². The van der Waals surface area contributed by atoms with Crippen molar-refractivity contribution in [2.75, 3.05) is 0 Å². The largest absolute Gasteiger partial charge is 0.465 e. The second-order valence-corrected chi connectivity index (χ2v) is 6.96. The number of nitrogens with one attached hydrogen (secondary N) is 3. The molecule has 0 radical (unpaired) electrons. The van der Waals surface area contributed by atoms with Crippen LogP contribution in [0.15, 0.2) is 24.3 Å². The lowest BCUT2D eigenvalue weighted by Gasteiger charge is -2.57. The third kappa shape index (κ3) is 3.79. The van der Waals surface area contributed by atoms with E-state index in [2.05, 4.69) is 16.0 Å². The summed E-state index contributed by atoms with van der Waals surface area (Å²) in [4.78, 5) is 22.5. The van der Waals surface area contributed by atoms with Crippen molar-refractivity contribution in [3.05, 3.63) is 35.4 Å². The summed E-state index contributed by atoms with van der Waals surface area (Å²) >= 11 is 0. The lowest BCUT2D eigenvalue weighted by molar-refractivity contribution is -0.0237. The minimum Gasteiger partial charge on any atom is -0.465 e. The molecule has 24 heavy (non-hydrogen) atoms. The summed E-state index contributed by atoms with van der Waals surface area (Å²) in [5.41, 5.74) is 2.05. The molecule has 0 heterocycles.